The molecule has 136 valence electrons. The number of piperidine rings is 1. The van der Waals surface area contributed by atoms with Crippen molar-refractivity contribution in [3.8, 4) is 0 Å². The molecule has 1 fully saturated rings. The lowest BCUT2D eigenvalue weighted by Gasteiger charge is -2.36. The van der Waals surface area contributed by atoms with Gasteiger partial charge in [-0.3, -0.25) is 4.79 Å². The van der Waals surface area contributed by atoms with Crippen LogP contribution in [0, 0.1) is 5.92 Å². The normalized spacial score (nSPS) is 16.6. The molecule has 1 aliphatic rings. The predicted molar refractivity (Wildman–Crippen MR) is 102 cm³/mol. The summed E-state index contributed by atoms with van der Waals surface area (Å²) < 4.78 is 0. The summed E-state index contributed by atoms with van der Waals surface area (Å²) in [7, 11) is 0. The minimum atomic E-state index is -0.548. The largest absolute Gasteiger partial charge is 0.390 e. The summed E-state index contributed by atoms with van der Waals surface area (Å²) >= 11 is 6.02. The third-order valence-corrected chi connectivity index (χ3v) is 5.93. The molecule has 1 aliphatic heterocycles. The number of aromatic nitrogens is 1. The smallest absolute Gasteiger partial charge is 0.270 e. The first-order valence-electron chi connectivity index (χ1n) is 9.24. The lowest BCUT2D eigenvalue weighted by molar-refractivity contribution is -0.00131. The van der Waals surface area contributed by atoms with E-state index in [-0.39, 0.29) is 5.91 Å². The van der Waals surface area contributed by atoms with Gasteiger partial charge < -0.3 is 15.0 Å². The van der Waals surface area contributed by atoms with Crippen LogP contribution < -0.4 is 0 Å². The van der Waals surface area contributed by atoms with Crippen molar-refractivity contribution in [3.05, 3.63) is 35.0 Å². The van der Waals surface area contributed by atoms with Crippen LogP contribution in [0.4, 0.5) is 0 Å². The third kappa shape index (κ3) is 4.01. The quantitative estimate of drug-likeness (QED) is 0.815. The fourth-order valence-electron chi connectivity index (χ4n) is 3.81. The molecule has 5 heteroatoms. The summed E-state index contributed by atoms with van der Waals surface area (Å²) in [6.45, 7) is 5.60. The molecule has 0 saturated carbocycles. The summed E-state index contributed by atoms with van der Waals surface area (Å²) in [5.41, 5.74) is 1.00. The van der Waals surface area contributed by atoms with Crippen molar-refractivity contribution in [1.82, 2.24) is 9.88 Å². The van der Waals surface area contributed by atoms with Gasteiger partial charge in [-0.1, -0.05) is 25.4 Å². The van der Waals surface area contributed by atoms with E-state index in [2.05, 4.69) is 4.98 Å². The average molecular weight is 363 g/mol. The van der Waals surface area contributed by atoms with Crippen LogP contribution >= 0.6 is 11.6 Å². The van der Waals surface area contributed by atoms with Gasteiger partial charge in [-0.05, 0) is 62.3 Å². The van der Waals surface area contributed by atoms with Crippen molar-refractivity contribution < 1.29 is 9.90 Å². The first-order chi connectivity index (χ1) is 11.9. The second kappa shape index (κ2) is 7.38. The second-order valence-electron chi connectivity index (χ2n) is 7.29. The molecule has 2 aromatic rings. The van der Waals surface area contributed by atoms with E-state index in [1.807, 2.05) is 43.0 Å². The van der Waals surface area contributed by atoms with Crippen molar-refractivity contribution in [2.75, 3.05) is 13.1 Å². The number of aromatic amines is 1. The van der Waals surface area contributed by atoms with Gasteiger partial charge in [0, 0.05) is 29.0 Å². The minimum absolute atomic E-state index is 0.0482. The number of aliphatic hydroxyl groups is 1. The van der Waals surface area contributed by atoms with Crippen LogP contribution in [0.1, 0.15) is 56.4 Å². The van der Waals surface area contributed by atoms with Crippen molar-refractivity contribution in [1.29, 1.82) is 0 Å². The maximum Gasteiger partial charge on any atom is 0.270 e. The number of halogens is 1. The summed E-state index contributed by atoms with van der Waals surface area (Å²) in [4.78, 5) is 17.9. The maximum atomic E-state index is 12.8. The van der Waals surface area contributed by atoms with E-state index in [4.69, 9.17) is 11.6 Å². The summed E-state index contributed by atoms with van der Waals surface area (Å²) in [6.07, 6.45) is 4.34. The molecule has 3 rings (SSSR count). The number of fused-ring (bicyclic) bond motifs is 1. The topological polar surface area (TPSA) is 56.3 Å². The summed E-state index contributed by atoms with van der Waals surface area (Å²) in [5.74, 6) is 0.544. The van der Waals surface area contributed by atoms with E-state index in [1.54, 1.807) is 0 Å². The number of H-pyrrole nitrogens is 1. The zero-order chi connectivity index (χ0) is 18.0. The van der Waals surface area contributed by atoms with Crippen molar-refractivity contribution >= 4 is 28.4 Å². The maximum absolute atomic E-state index is 12.8. The first kappa shape index (κ1) is 18.3. The highest BCUT2D eigenvalue weighted by atomic mass is 35.5. The van der Waals surface area contributed by atoms with Crippen LogP contribution in [-0.2, 0) is 0 Å². The van der Waals surface area contributed by atoms with E-state index in [0.29, 0.717) is 16.6 Å². The van der Waals surface area contributed by atoms with Crippen LogP contribution in [0.5, 0.6) is 0 Å². The SMILES string of the molecule is CCC(O)(CC)CC1CCN(C(=O)c2cc3cc(Cl)ccc3[nH]2)CC1. The molecule has 1 amide bonds. The number of carbonyl (C=O) groups excluding carboxylic acids is 1. The Labute approximate surface area is 154 Å². The highest BCUT2D eigenvalue weighted by molar-refractivity contribution is 6.31. The molecule has 2 heterocycles. The Balaban J connectivity index is 1.63. The molecular formula is C20H27ClN2O2. The molecule has 0 radical (unpaired) electrons. The highest BCUT2D eigenvalue weighted by Crippen LogP contribution is 2.31. The van der Waals surface area contributed by atoms with Gasteiger partial charge in [0.25, 0.3) is 5.91 Å². The number of rotatable bonds is 5. The number of carbonyl (C=O) groups is 1. The fraction of sp³-hybridized carbons (Fsp3) is 0.550. The van der Waals surface area contributed by atoms with Gasteiger partial charge in [-0.15, -0.1) is 0 Å². The second-order valence-corrected chi connectivity index (χ2v) is 7.72. The minimum Gasteiger partial charge on any atom is -0.390 e. The number of benzene rings is 1. The van der Waals surface area contributed by atoms with E-state index in [9.17, 15) is 9.90 Å². The van der Waals surface area contributed by atoms with Gasteiger partial charge in [0.15, 0.2) is 0 Å². The van der Waals surface area contributed by atoms with Crippen LogP contribution in [0.25, 0.3) is 10.9 Å². The van der Waals surface area contributed by atoms with E-state index in [1.165, 1.54) is 0 Å². The Kier molecular flexibility index (Phi) is 5.40. The molecule has 25 heavy (non-hydrogen) atoms. The molecule has 2 N–H and O–H groups in total. The van der Waals surface area contributed by atoms with Gasteiger partial charge in [-0.25, -0.2) is 0 Å². The lowest BCUT2D eigenvalue weighted by Crippen LogP contribution is -2.41. The molecule has 1 aromatic heterocycles. The molecule has 0 spiro atoms. The highest BCUT2D eigenvalue weighted by Gasteiger charge is 2.31. The fourth-order valence-corrected chi connectivity index (χ4v) is 3.99. The Hall–Kier alpha value is -1.52. The summed E-state index contributed by atoms with van der Waals surface area (Å²) in [5, 5.41) is 12.2. The summed E-state index contributed by atoms with van der Waals surface area (Å²) in [6, 6.07) is 7.47. The van der Waals surface area contributed by atoms with Gasteiger partial charge in [0.05, 0.1) is 5.60 Å². The van der Waals surface area contributed by atoms with Crippen LogP contribution in [0.2, 0.25) is 5.02 Å². The van der Waals surface area contributed by atoms with Crippen molar-refractivity contribution in [2.45, 2.75) is 51.6 Å². The number of hydrogen-bond donors (Lipinski definition) is 2. The third-order valence-electron chi connectivity index (χ3n) is 5.70. The molecule has 4 nitrogen and oxygen atoms in total. The monoisotopic (exact) mass is 362 g/mol. The Morgan fingerprint density at radius 3 is 2.60 bits per heavy atom. The van der Waals surface area contributed by atoms with Crippen LogP contribution in [0.15, 0.2) is 24.3 Å². The van der Waals surface area contributed by atoms with E-state index >= 15 is 0 Å². The Bertz CT molecular complexity index is 743. The van der Waals surface area contributed by atoms with E-state index in [0.717, 1.165) is 56.1 Å². The number of likely N-dealkylation sites (tertiary alicyclic amines) is 1. The molecule has 1 saturated heterocycles. The zero-order valence-electron chi connectivity index (χ0n) is 15.0. The van der Waals surface area contributed by atoms with Crippen molar-refractivity contribution in [3.63, 3.8) is 0 Å². The Morgan fingerprint density at radius 1 is 1.28 bits per heavy atom. The number of nitrogens with one attached hydrogen (secondary N) is 1. The van der Waals surface area contributed by atoms with Crippen LogP contribution in [0.3, 0.4) is 0 Å². The molecule has 0 aliphatic carbocycles. The lowest BCUT2D eigenvalue weighted by atomic mass is 9.82. The standard InChI is InChI=1S/C20H27ClN2O2/c1-3-20(25,4-2)13-14-7-9-23(10-8-14)19(24)18-12-15-11-16(21)5-6-17(15)22-18/h5-6,11-12,14,22,25H,3-4,7-10,13H2,1-2H3. The van der Waals surface area contributed by atoms with E-state index < -0.39 is 5.60 Å². The van der Waals surface area contributed by atoms with Gasteiger partial charge in [-0.2, -0.15) is 0 Å². The molecule has 1 aromatic carbocycles. The van der Waals surface area contributed by atoms with Crippen LogP contribution in [-0.4, -0.2) is 39.6 Å². The molecular weight excluding hydrogens is 336 g/mol. The first-order valence-corrected chi connectivity index (χ1v) is 9.62. The predicted octanol–water partition coefficient (Wildman–Crippen LogP) is 4.61. The molecule has 0 unspecified atom stereocenters. The van der Waals surface area contributed by atoms with Crippen molar-refractivity contribution in [2.24, 2.45) is 5.92 Å². The Morgan fingerprint density at radius 2 is 1.96 bits per heavy atom. The average Bonchev–Trinajstić information content (AvgIpc) is 3.04. The number of nitrogens with zero attached hydrogens (tertiary/aromatic N) is 1. The zero-order valence-corrected chi connectivity index (χ0v) is 15.8. The number of hydrogen-bond acceptors (Lipinski definition) is 2. The molecule has 0 bridgehead atoms. The molecule has 0 atom stereocenters. The van der Waals surface area contributed by atoms with Gasteiger partial charge >= 0.3 is 0 Å². The van der Waals surface area contributed by atoms with Gasteiger partial charge in [0.2, 0.25) is 0 Å². The van der Waals surface area contributed by atoms with Gasteiger partial charge in [0.1, 0.15) is 5.69 Å². The number of amides is 1.